The standard InChI is InChI=1S/C29H27NO4/c1-33-25-18-22(27(31)26(19-25)34-2)20-30-28(21-12-6-3-7-13-21)29(32,23-14-8-4-9-15-23)24-16-10-5-11-17-24/h3-20,28,31-32H,1-2H3/t28-/m1/s1. The molecule has 0 saturated heterocycles. The molecule has 5 heteroatoms. The zero-order chi connectivity index (χ0) is 24.0. The van der Waals surface area contributed by atoms with Crippen LogP contribution in [0.25, 0.3) is 0 Å². The Bertz CT molecular complexity index is 1200. The molecule has 0 aromatic heterocycles. The minimum absolute atomic E-state index is 0.0539. The lowest BCUT2D eigenvalue weighted by atomic mass is 9.77. The first kappa shape index (κ1) is 23.1. The fourth-order valence-corrected chi connectivity index (χ4v) is 4.07. The Hall–Kier alpha value is -4.09. The molecule has 172 valence electrons. The number of hydrogen-bond acceptors (Lipinski definition) is 5. The molecule has 0 aliphatic heterocycles. The summed E-state index contributed by atoms with van der Waals surface area (Å²) < 4.78 is 10.6. The zero-order valence-corrected chi connectivity index (χ0v) is 19.1. The predicted molar refractivity (Wildman–Crippen MR) is 134 cm³/mol. The molecule has 0 aliphatic carbocycles. The summed E-state index contributed by atoms with van der Waals surface area (Å²) in [6.45, 7) is 0. The summed E-state index contributed by atoms with van der Waals surface area (Å²) in [5.74, 6) is 0.744. The van der Waals surface area contributed by atoms with Crippen LogP contribution in [-0.2, 0) is 5.60 Å². The molecule has 0 saturated carbocycles. The van der Waals surface area contributed by atoms with Crippen molar-refractivity contribution < 1.29 is 19.7 Å². The lowest BCUT2D eigenvalue weighted by Gasteiger charge is -2.35. The quantitative estimate of drug-likeness (QED) is 0.345. The smallest absolute Gasteiger partial charge is 0.166 e. The van der Waals surface area contributed by atoms with Gasteiger partial charge in [0, 0.05) is 17.8 Å². The summed E-state index contributed by atoms with van der Waals surface area (Å²) >= 11 is 0. The van der Waals surface area contributed by atoms with Crippen molar-refractivity contribution in [3.63, 3.8) is 0 Å². The number of ether oxygens (including phenoxy) is 2. The lowest BCUT2D eigenvalue weighted by Crippen LogP contribution is -2.34. The number of aromatic hydroxyl groups is 1. The molecule has 0 bridgehead atoms. The Morgan fingerprint density at radius 2 is 1.29 bits per heavy atom. The van der Waals surface area contributed by atoms with E-state index in [0.717, 1.165) is 5.56 Å². The third kappa shape index (κ3) is 4.51. The van der Waals surface area contributed by atoms with Gasteiger partial charge >= 0.3 is 0 Å². The summed E-state index contributed by atoms with van der Waals surface area (Å²) in [6, 6.07) is 31.2. The second-order valence-electron chi connectivity index (χ2n) is 7.86. The molecule has 5 nitrogen and oxygen atoms in total. The van der Waals surface area contributed by atoms with Crippen molar-refractivity contribution in [1.82, 2.24) is 0 Å². The second-order valence-corrected chi connectivity index (χ2v) is 7.86. The zero-order valence-electron chi connectivity index (χ0n) is 19.1. The van der Waals surface area contributed by atoms with Gasteiger partial charge in [-0.25, -0.2) is 0 Å². The van der Waals surface area contributed by atoms with Gasteiger partial charge in [-0.15, -0.1) is 0 Å². The Morgan fingerprint density at radius 3 is 1.79 bits per heavy atom. The second kappa shape index (κ2) is 10.2. The molecule has 0 amide bonds. The van der Waals surface area contributed by atoms with E-state index in [1.54, 1.807) is 25.5 Å². The van der Waals surface area contributed by atoms with E-state index in [2.05, 4.69) is 0 Å². The van der Waals surface area contributed by atoms with Crippen LogP contribution in [0.3, 0.4) is 0 Å². The van der Waals surface area contributed by atoms with E-state index >= 15 is 0 Å². The summed E-state index contributed by atoms with van der Waals surface area (Å²) in [7, 11) is 3.02. The van der Waals surface area contributed by atoms with Gasteiger partial charge in [-0.3, -0.25) is 4.99 Å². The monoisotopic (exact) mass is 453 g/mol. The van der Waals surface area contributed by atoms with E-state index in [1.807, 2.05) is 91.0 Å². The molecule has 0 aliphatic rings. The highest BCUT2D eigenvalue weighted by Crippen LogP contribution is 2.44. The third-order valence-corrected chi connectivity index (χ3v) is 5.84. The minimum atomic E-state index is -1.47. The Morgan fingerprint density at radius 1 is 0.765 bits per heavy atom. The molecule has 0 heterocycles. The van der Waals surface area contributed by atoms with Gasteiger partial charge in [0.1, 0.15) is 17.4 Å². The average molecular weight is 454 g/mol. The van der Waals surface area contributed by atoms with Crippen LogP contribution in [0.2, 0.25) is 0 Å². The van der Waals surface area contributed by atoms with E-state index in [9.17, 15) is 10.2 Å². The Labute approximate surface area is 199 Å². The van der Waals surface area contributed by atoms with Gasteiger partial charge in [0.25, 0.3) is 0 Å². The highest BCUT2D eigenvalue weighted by Gasteiger charge is 2.41. The van der Waals surface area contributed by atoms with Crippen molar-refractivity contribution in [3.05, 3.63) is 125 Å². The third-order valence-electron chi connectivity index (χ3n) is 5.84. The minimum Gasteiger partial charge on any atom is -0.504 e. The number of rotatable bonds is 8. The fourth-order valence-electron chi connectivity index (χ4n) is 4.07. The lowest BCUT2D eigenvalue weighted by molar-refractivity contribution is 0.0523. The number of hydrogen-bond donors (Lipinski definition) is 2. The number of aliphatic hydroxyl groups is 1. The van der Waals surface area contributed by atoms with E-state index in [-0.39, 0.29) is 11.5 Å². The topological polar surface area (TPSA) is 71.3 Å². The number of aliphatic imine (C=N–C) groups is 1. The molecular formula is C29H27NO4. The van der Waals surface area contributed by atoms with Gasteiger partial charge in [0.2, 0.25) is 0 Å². The predicted octanol–water partition coefficient (Wildman–Crippen LogP) is 5.51. The van der Waals surface area contributed by atoms with Crippen molar-refractivity contribution in [1.29, 1.82) is 0 Å². The summed E-state index contributed by atoms with van der Waals surface area (Å²) in [6.07, 6.45) is 1.55. The first-order valence-electron chi connectivity index (χ1n) is 10.9. The molecule has 4 rings (SSSR count). The van der Waals surface area contributed by atoms with Gasteiger partial charge in [-0.1, -0.05) is 91.0 Å². The van der Waals surface area contributed by atoms with Gasteiger partial charge in [-0.05, 0) is 22.8 Å². The molecular weight excluding hydrogens is 426 g/mol. The van der Waals surface area contributed by atoms with E-state index in [4.69, 9.17) is 14.5 Å². The number of methoxy groups -OCH3 is 2. The molecule has 4 aromatic carbocycles. The highest BCUT2D eigenvalue weighted by molar-refractivity contribution is 5.86. The van der Waals surface area contributed by atoms with E-state index in [0.29, 0.717) is 22.4 Å². The van der Waals surface area contributed by atoms with Gasteiger partial charge in [0.15, 0.2) is 11.5 Å². The van der Waals surface area contributed by atoms with Crippen molar-refractivity contribution in [2.24, 2.45) is 4.99 Å². The van der Waals surface area contributed by atoms with Gasteiger partial charge < -0.3 is 19.7 Å². The molecule has 0 fully saturated rings. The molecule has 2 N–H and O–H groups in total. The molecule has 1 atom stereocenters. The van der Waals surface area contributed by atoms with E-state index < -0.39 is 11.6 Å². The molecule has 0 radical (unpaired) electrons. The van der Waals surface area contributed by atoms with Crippen molar-refractivity contribution in [3.8, 4) is 17.2 Å². The summed E-state index contributed by atoms with van der Waals surface area (Å²) in [5, 5.41) is 23.1. The van der Waals surface area contributed by atoms with Gasteiger partial charge in [-0.2, -0.15) is 0 Å². The Kier molecular flexibility index (Phi) is 6.95. The number of phenols is 1. The van der Waals surface area contributed by atoms with E-state index in [1.165, 1.54) is 7.11 Å². The molecule has 34 heavy (non-hydrogen) atoms. The number of phenolic OH excluding ortho intramolecular Hbond substituents is 1. The maximum Gasteiger partial charge on any atom is 0.166 e. The van der Waals surface area contributed by atoms with Crippen LogP contribution in [0.1, 0.15) is 28.3 Å². The Balaban J connectivity index is 1.92. The van der Waals surface area contributed by atoms with Crippen LogP contribution in [0, 0.1) is 0 Å². The first-order chi connectivity index (χ1) is 16.6. The van der Waals surface area contributed by atoms with Crippen molar-refractivity contribution in [2.75, 3.05) is 14.2 Å². The van der Waals surface area contributed by atoms with Crippen molar-refractivity contribution in [2.45, 2.75) is 11.6 Å². The largest absolute Gasteiger partial charge is 0.504 e. The number of nitrogens with zero attached hydrogens (tertiary/aromatic N) is 1. The highest BCUT2D eigenvalue weighted by atomic mass is 16.5. The number of benzene rings is 4. The normalized spacial score (nSPS) is 12.4. The summed E-state index contributed by atoms with van der Waals surface area (Å²) in [4.78, 5) is 4.85. The van der Waals surface area contributed by atoms with Crippen LogP contribution >= 0.6 is 0 Å². The molecule has 0 spiro atoms. The summed E-state index contributed by atoms with van der Waals surface area (Å²) in [5.41, 5.74) is 1.18. The van der Waals surface area contributed by atoms with Gasteiger partial charge in [0.05, 0.1) is 14.2 Å². The van der Waals surface area contributed by atoms with Crippen LogP contribution in [-0.4, -0.2) is 30.6 Å². The maximum atomic E-state index is 12.4. The van der Waals surface area contributed by atoms with Crippen LogP contribution < -0.4 is 9.47 Å². The van der Waals surface area contributed by atoms with Crippen molar-refractivity contribution >= 4 is 6.21 Å². The molecule has 0 unspecified atom stereocenters. The van der Waals surface area contributed by atoms with Crippen LogP contribution in [0.5, 0.6) is 17.2 Å². The van der Waals surface area contributed by atoms with Crippen LogP contribution in [0.4, 0.5) is 0 Å². The first-order valence-corrected chi connectivity index (χ1v) is 10.9. The average Bonchev–Trinajstić information content (AvgIpc) is 2.91. The molecule has 4 aromatic rings. The fraction of sp³-hybridized carbons (Fsp3) is 0.138. The van der Waals surface area contributed by atoms with Crippen LogP contribution in [0.15, 0.2) is 108 Å². The SMILES string of the molecule is COc1cc(C=N[C@H](c2ccccc2)C(O)(c2ccccc2)c2ccccc2)c(O)c(OC)c1. The maximum absolute atomic E-state index is 12.4.